The molecule has 1 aliphatic rings. The van der Waals surface area contributed by atoms with Gasteiger partial charge in [-0.1, -0.05) is 18.2 Å². The fourth-order valence-corrected chi connectivity index (χ4v) is 3.64. The summed E-state index contributed by atoms with van der Waals surface area (Å²) in [5, 5.41) is 12.1. The quantitative estimate of drug-likeness (QED) is 0.498. The lowest BCUT2D eigenvalue weighted by Gasteiger charge is -2.27. The maximum atomic E-state index is 12.8. The molecule has 2 aromatic heterocycles. The number of carbonyl (C=O) groups excluding carboxylic acids is 2. The summed E-state index contributed by atoms with van der Waals surface area (Å²) in [4.78, 5) is 52.0. The van der Waals surface area contributed by atoms with E-state index in [4.69, 9.17) is 5.73 Å². The molecule has 4 rings (SSSR count). The average molecular weight is 395 g/mol. The lowest BCUT2D eigenvalue weighted by Crippen LogP contribution is -2.40. The lowest BCUT2D eigenvalue weighted by molar-refractivity contribution is -0.385. The van der Waals surface area contributed by atoms with Crippen LogP contribution < -0.4 is 11.3 Å². The number of benzene rings is 1. The molecule has 0 radical (unpaired) electrons. The van der Waals surface area contributed by atoms with Crippen LogP contribution in [0.1, 0.15) is 21.6 Å². The smallest absolute Gasteiger partial charge is 0.286 e. The summed E-state index contributed by atoms with van der Waals surface area (Å²) in [5.41, 5.74) is 6.39. The second kappa shape index (κ2) is 6.89. The van der Waals surface area contributed by atoms with Crippen molar-refractivity contribution in [1.82, 2.24) is 14.5 Å². The molecule has 0 fully saturated rings. The number of nitrogens with zero attached hydrogens (tertiary/aromatic N) is 3. The molecule has 0 atom stereocenters. The highest BCUT2D eigenvalue weighted by Gasteiger charge is 2.25. The third kappa shape index (κ3) is 3.24. The molecule has 3 N–H and O–H groups in total. The Balaban J connectivity index is 1.63. The monoisotopic (exact) mass is 395 g/mol. The van der Waals surface area contributed by atoms with Gasteiger partial charge in [0.05, 0.1) is 11.1 Å². The molecule has 3 heterocycles. The molecule has 29 heavy (non-hydrogen) atoms. The number of primary amides is 1. The van der Waals surface area contributed by atoms with Crippen molar-refractivity contribution in [3.63, 3.8) is 0 Å². The summed E-state index contributed by atoms with van der Waals surface area (Å²) in [6.07, 6.45) is 1.58. The second-order valence-electron chi connectivity index (χ2n) is 6.86. The summed E-state index contributed by atoms with van der Waals surface area (Å²) in [6, 6.07) is 8.62. The summed E-state index contributed by atoms with van der Waals surface area (Å²) >= 11 is 0. The minimum atomic E-state index is -1.08. The van der Waals surface area contributed by atoms with E-state index in [0.717, 1.165) is 39.0 Å². The van der Waals surface area contributed by atoms with Gasteiger partial charge in [-0.2, -0.15) is 0 Å². The van der Waals surface area contributed by atoms with Gasteiger partial charge in [0, 0.05) is 47.7 Å². The highest BCUT2D eigenvalue weighted by Crippen LogP contribution is 2.27. The van der Waals surface area contributed by atoms with Crippen molar-refractivity contribution in [3.05, 3.63) is 73.8 Å². The maximum absolute atomic E-state index is 12.8. The Morgan fingerprint density at radius 3 is 2.76 bits per heavy atom. The Kier molecular flexibility index (Phi) is 4.38. The van der Waals surface area contributed by atoms with Crippen molar-refractivity contribution in [2.45, 2.75) is 19.5 Å². The molecular formula is C19H17N5O5. The largest absolute Gasteiger partial charge is 0.365 e. The van der Waals surface area contributed by atoms with Crippen LogP contribution in [0.2, 0.25) is 0 Å². The van der Waals surface area contributed by atoms with Crippen LogP contribution in [0.5, 0.6) is 0 Å². The number of nitro groups is 1. The number of hydrogen-bond donors (Lipinski definition) is 2. The number of para-hydroxylation sites is 1. The van der Waals surface area contributed by atoms with E-state index in [1.165, 1.54) is 0 Å². The molecule has 3 aromatic rings. The van der Waals surface area contributed by atoms with Crippen molar-refractivity contribution >= 4 is 28.4 Å². The van der Waals surface area contributed by atoms with Crippen LogP contribution in [-0.2, 0) is 24.3 Å². The molecule has 1 aromatic carbocycles. The van der Waals surface area contributed by atoms with E-state index in [1.54, 1.807) is 4.90 Å². The van der Waals surface area contributed by atoms with Crippen molar-refractivity contribution in [3.8, 4) is 0 Å². The Labute approximate surface area is 163 Å². The normalized spacial score (nSPS) is 13.3. The molecule has 0 aliphatic carbocycles. The van der Waals surface area contributed by atoms with E-state index in [-0.39, 0.29) is 5.91 Å². The van der Waals surface area contributed by atoms with Gasteiger partial charge in [-0.3, -0.25) is 29.1 Å². The minimum absolute atomic E-state index is 0.366. The number of H-pyrrole nitrogens is 1. The summed E-state index contributed by atoms with van der Waals surface area (Å²) in [5.74, 6) is -1.46. The van der Waals surface area contributed by atoms with Crippen molar-refractivity contribution in [2.24, 2.45) is 5.73 Å². The Morgan fingerprint density at radius 1 is 1.28 bits per heavy atom. The zero-order chi connectivity index (χ0) is 20.7. The average Bonchev–Trinajstić information content (AvgIpc) is 3.06. The Hall–Kier alpha value is -3.95. The van der Waals surface area contributed by atoms with Crippen LogP contribution in [0.25, 0.3) is 10.9 Å². The van der Waals surface area contributed by atoms with Gasteiger partial charge in [-0.15, -0.1) is 0 Å². The van der Waals surface area contributed by atoms with E-state index in [2.05, 4.69) is 4.98 Å². The van der Waals surface area contributed by atoms with E-state index in [9.17, 15) is 24.5 Å². The van der Waals surface area contributed by atoms with Crippen molar-refractivity contribution in [1.29, 1.82) is 0 Å². The van der Waals surface area contributed by atoms with Gasteiger partial charge in [-0.25, -0.2) is 0 Å². The summed E-state index contributed by atoms with van der Waals surface area (Å²) in [6.45, 7) is 0.397. The van der Waals surface area contributed by atoms with Crippen LogP contribution in [0.15, 0.2) is 41.3 Å². The van der Waals surface area contributed by atoms with Crippen molar-refractivity contribution < 1.29 is 14.5 Å². The molecule has 0 unspecified atom stereocenters. The van der Waals surface area contributed by atoms with Crippen LogP contribution >= 0.6 is 0 Å². The van der Waals surface area contributed by atoms with Gasteiger partial charge in [0.2, 0.25) is 5.91 Å². The number of nitrogens with one attached hydrogen (secondary N) is 1. The predicted molar refractivity (Wildman–Crippen MR) is 103 cm³/mol. The highest BCUT2D eigenvalue weighted by molar-refractivity contribution is 5.93. The third-order valence-corrected chi connectivity index (χ3v) is 5.09. The third-order valence-electron chi connectivity index (χ3n) is 5.09. The first-order chi connectivity index (χ1) is 13.8. The zero-order valence-electron chi connectivity index (χ0n) is 15.3. The fraction of sp³-hybridized carbons (Fsp3) is 0.211. The number of rotatable bonds is 4. The first-order valence-corrected chi connectivity index (χ1v) is 8.90. The number of aromatic amines is 1. The number of pyridine rings is 1. The van der Waals surface area contributed by atoms with E-state index >= 15 is 0 Å². The highest BCUT2D eigenvalue weighted by atomic mass is 16.6. The van der Waals surface area contributed by atoms with E-state index in [1.807, 2.05) is 24.3 Å². The number of carbonyl (C=O) groups is 2. The Bertz CT molecular complexity index is 1230. The summed E-state index contributed by atoms with van der Waals surface area (Å²) in [7, 11) is 0. The molecular weight excluding hydrogens is 378 g/mol. The van der Waals surface area contributed by atoms with Gasteiger partial charge < -0.3 is 15.6 Å². The van der Waals surface area contributed by atoms with Crippen LogP contribution in [0.3, 0.4) is 0 Å². The number of fused-ring (bicyclic) bond motifs is 3. The molecule has 0 bridgehead atoms. The number of amides is 2. The predicted octanol–water partition coefficient (Wildman–Crippen LogP) is 0.922. The topological polar surface area (TPSA) is 144 Å². The minimum Gasteiger partial charge on any atom is -0.365 e. The number of hydrogen-bond acceptors (Lipinski definition) is 5. The van der Waals surface area contributed by atoms with Gasteiger partial charge in [0.1, 0.15) is 12.1 Å². The van der Waals surface area contributed by atoms with E-state index < -0.39 is 34.2 Å². The maximum Gasteiger partial charge on any atom is 0.286 e. The first kappa shape index (κ1) is 18.4. The van der Waals surface area contributed by atoms with E-state index in [0.29, 0.717) is 19.5 Å². The number of nitrogens with two attached hydrogens (primary N) is 1. The van der Waals surface area contributed by atoms with Crippen LogP contribution in [-0.4, -0.2) is 37.7 Å². The van der Waals surface area contributed by atoms with Crippen LogP contribution in [0, 0.1) is 10.1 Å². The first-order valence-electron chi connectivity index (χ1n) is 8.90. The fourth-order valence-electron chi connectivity index (χ4n) is 3.64. The lowest BCUT2D eigenvalue weighted by atomic mass is 10.0. The SMILES string of the molecule is NC(=O)c1cc([N+](=O)[O-])cn(CC(=O)N2CCc3[nH]c4ccccc4c3C2)c1=O. The van der Waals surface area contributed by atoms with Gasteiger partial charge >= 0.3 is 0 Å². The second-order valence-corrected chi connectivity index (χ2v) is 6.86. The molecule has 148 valence electrons. The van der Waals surface area contributed by atoms with Gasteiger partial charge in [-0.05, 0) is 6.07 Å². The van der Waals surface area contributed by atoms with Crippen LogP contribution in [0.4, 0.5) is 5.69 Å². The molecule has 0 spiro atoms. The Morgan fingerprint density at radius 2 is 2.03 bits per heavy atom. The molecule has 10 heteroatoms. The van der Waals surface area contributed by atoms with Crippen molar-refractivity contribution in [2.75, 3.05) is 6.54 Å². The zero-order valence-corrected chi connectivity index (χ0v) is 15.3. The molecule has 0 saturated carbocycles. The summed E-state index contributed by atoms with van der Waals surface area (Å²) < 4.78 is 0.866. The molecule has 10 nitrogen and oxygen atoms in total. The number of aromatic nitrogens is 2. The standard InChI is InChI=1S/C19H17N5O5/c20-18(26)13-7-11(24(28)29)8-23(19(13)27)10-17(25)22-6-5-16-14(9-22)12-3-1-2-4-15(12)21-16/h1-4,7-8,21H,5-6,9-10H2,(H2,20,26). The van der Waals surface area contributed by atoms with Gasteiger partial charge in [0.15, 0.2) is 0 Å². The molecule has 2 amide bonds. The van der Waals surface area contributed by atoms with Gasteiger partial charge in [0.25, 0.3) is 17.2 Å². The molecule has 1 aliphatic heterocycles. The molecule has 0 saturated heterocycles.